The van der Waals surface area contributed by atoms with E-state index in [0.29, 0.717) is 5.89 Å². The third-order valence-corrected chi connectivity index (χ3v) is 4.84. The summed E-state index contributed by atoms with van der Waals surface area (Å²) < 4.78 is 5.86. The maximum Gasteiger partial charge on any atom is 0.237 e. The van der Waals surface area contributed by atoms with Gasteiger partial charge in [0, 0.05) is 11.4 Å². The van der Waals surface area contributed by atoms with E-state index < -0.39 is 0 Å². The highest BCUT2D eigenvalue weighted by atomic mass is 32.1. The molecule has 0 amide bonds. The Morgan fingerprint density at radius 2 is 2.09 bits per heavy atom. The van der Waals surface area contributed by atoms with E-state index in [4.69, 9.17) is 4.42 Å². The zero-order valence-electron chi connectivity index (χ0n) is 13.1. The zero-order chi connectivity index (χ0) is 16.2. The summed E-state index contributed by atoms with van der Waals surface area (Å²) in [5.74, 6) is 0.652. The number of hydrogen-bond donors (Lipinski definition) is 0. The second kappa shape index (κ2) is 7.15. The lowest BCUT2D eigenvalue weighted by Crippen LogP contribution is -2.21. The summed E-state index contributed by atoms with van der Waals surface area (Å²) in [6.45, 7) is 7.43. The first kappa shape index (κ1) is 16.0. The average molecular weight is 343 g/mol. The monoisotopic (exact) mass is 343 g/mol. The van der Waals surface area contributed by atoms with Crippen molar-refractivity contribution in [2.24, 2.45) is 4.99 Å². The molecule has 0 spiro atoms. The maximum absolute atomic E-state index is 5.86. The molecule has 0 aliphatic rings. The first-order chi connectivity index (χ1) is 11.2. The lowest BCUT2D eigenvalue weighted by Gasteiger charge is -2.16. The average Bonchev–Trinajstić information content (AvgIpc) is 3.18. The van der Waals surface area contributed by atoms with Crippen molar-refractivity contribution in [1.82, 2.24) is 9.88 Å². The summed E-state index contributed by atoms with van der Waals surface area (Å²) in [6, 6.07) is 9.78. The molecule has 0 fully saturated rings. The quantitative estimate of drug-likeness (QED) is 0.459. The van der Waals surface area contributed by atoms with Crippen LogP contribution in [0.15, 0.2) is 39.7 Å². The molecule has 0 saturated heterocycles. The van der Waals surface area contributed by atoms with Crippen LogP contribution in [0.4, 0.5) is 5.69 Å². The third kappa shape index (κ3) is 3.57. The lowest BCUT2D eigenvalue weighted by atomic mass is 10.3. The Bertz CT molecular complexity index is 858. The topological polar surface area (TPSA) is 41.6 Å². The van der Waals surface area contributed by atoms with Crippen LogP contribution in [0.2, 0.25) is 0 Å². The highest BCUT2D eigenvalue weighted by Gasteiger charge is 2.12. The molecule has 118 valence electrons. The SMILES string of the molecule is CCN(CC)Cc1ccc(-c2nc3cc(N=C=S)ccc3o2)s1. The Morgan fingerprint density at radius 3 is 2.83 bits per heavy atom. The van der Waals surface area contributed by atoms with Gasteiger partial charge in [0.2, 0.25) is 5.89 Å². The van der Waals surface area contributed by atoms with Crippen LogP contribution in [0, 0.1) is 0 Å². The summed E-state index contributed by atoms with van der Waals surface area (Å²) in [6.07, 6.45) is 0. The van der Waals surface area contributed by atoms with Crippen molar-refractivity contribution in [3.63, 3.8) is 0 Å². The normalized spacial score (nSPS) is 11.1. The van der Waals surface area contributed by atoms with Crippen LogP contribution in [-0.4, -0.2) is 28.1 Å². The Labute approximate surface area is 144 Å². The van der Waals surface area contributed by atoms with Crippen LogP contribution in [-0.2, 0) is 6.54 Å². The number of aromatic nitrogens is 1. The fraction of sp³-hybridized carbons (Fsp3) is 0.294. The summed E-state index contributed by atoms with van der Waals surface area (Å²) >= 11 is 6.36. The molecule has 0 aliphatic carbocycles. The van der Waals surface area contributed by atoms with Gasteiger partial charge in [0.15, 0.2) is 5.58 Å². The molecule has 0 aliphatic heterocycles. The predicted molar refractivity (Wildman–Crippen MR) is 98.6 cm³/mol. The fourth-order valence-corrected chi connectivity index (χ4v) is 3.47. The molecule has 23 heavy (non-hydrogen) atoms. The van der Waals surface area contributed by atoms with Gasteiger partial charge in [-0.25, -0.2) is 4.98 Å². The molecular weight excluding hydrogens is 326 g/mol. The fourth-order valence-electron chi connectivity index (χ4n) is 2.39. The number of aliphatic imine (C=N–C) groups is 1. The first-order valence-electron chi connectivity index (χ1n) is 7.53. The van der Waals surface area contributed by atoms with Gasteiger partial charge < -0.3 is 4.42 Å². The number of hydrogen-bond acceptors (Lipinski definition) is 6. The van der Waals surface area contributed by atoms with Crippen molar-refractivity contribution in [2.45, 2.75) is 20.4 Å². The van der Waals surface area contributed by atoms with Gasteiger partial charge >= 0.3 is 0 Å². The van der Waals surface area contributed by atoms with Gasteiger partial charge in [-0.2, -0.15) is 4.99 Å². The summed E-state index contributed by atoms with van der Waals surface area (Å²) in [5.41, 5.74) is 2.27. The minimum atomic E-state index is 0.652. The van der Waals surface area contributed by atoms with E-state index in [1.165, 1.54) is 4.88 Å². The van der Waals surface area contributed by atoms with Gasteiger partial charge in [0.1, 0.15) is 5.52 Å². The predicted octanol–water partition coefficient (Wildman–Crippen LogP) is 5.13. The van der Waals surface area contributed by atoms with Crippen molar-refractivity contribution in [3.05, 3.63) is 35.2 Å². The molecule has 0 bridgehead atoms. The summed E-state index contributed by atoms with van der Waals surface area (Å²) in [4.78, 5) is 13.3. The molecule has 2 aromatic heterocycles. The molecule has 0 saturated carbocycles. The number of thiophene rings is 1. The van der Waals surface area contributed by atoms with E-state index in [0.717, 1.165) is 41.3 Å². The number of oxazole rings is 1. The second-order valence-electron chi connectivity index (χ2n) is 5.10. The molecule has 0 radical (unpaired) electrons. The molecule has 1 aromatic carbocycles. The van der Waals surface area contributed by atoms with Crippen LogP contribution in [0.3, 0.4) is 0 Å². The highest BCUT2D eigenvalue weighted by Crippen LogP contribution is 2.31. The molecule has 3 rings (SSSR count). The van der Waals surface area contributed by atoms with E-state index in [2.05, 4.69) is 58.2 Å². The van der Waals surface area contributed by atoms with E-state index >= 15 is 0 Å². The second-order valence-corrected chi connectivity index (χ2v) is 6.45. The Kier molecular flexibility index (Phi) is 4.98. The van der Waals surface area contributed by atoms with Crippen molar-refractivity contribution >= 4 is 45.5 Å². The molecule has 2 heterocycles. The van der Waals surface area contributed by atoms with Crippen LogP contribution in [0.5, 0.6) is 0 Å². The van der Waals surface area contributed by atoms with Crippen LogP contribution < -0.4 is 0 Å². The van der Waals surface area contributed by atoms with Gasteiger partial charge in [-0.3, -0.25) is 4.90 Å². The van der Waals surface area contributed by atoms with E-state index in [1.54, 1.807) is 11.3 Å². The van der Waals surface area contributed by atoms with Crippen LogP contribution in [0.25, 0.3) is 21.9 Å². The number of benzene rings is 1. The van der Waals surface area contributed by atoms with Gasteiger partial charge in [0.05, 0.1) is 15.7 Å². The minimum absolute atomic E-state index is 0.652. The smallest absolute Gasteiger partial charge is 0.237 e. The molecule has 6 heteroatoms. The summed E-state index contributed by atoms with van der Waals surface area (Å²) in [7, 11) is 0. The van der Waals surface area contributed by atoms with Crippen LogP contribution in [0.1, 0.15) is 18.7 Å². The molecule has 0 atom stereocenters. The zero-order valence-corrected chi connectivity index (χ0v) is 14.7. The van der Waals surface area contributed by atoms with E-state index in [-0.39, 0.29) is 0 Å². The van der Waals surface area contributed by atoms with Crippen molar-refractivity contribution in [1.29, 1.82) is 0 Å². The summed E-state index contributed by atoms with van der Waals surface area (Å²) in [5, 5.41) is 2.37. The number of rotatable bonds is 6. The lowest BCUT2D eigenvalue weighted by molar-refractivity contribution is 0.298. The van der Waals surface area contributed by atoms with Gasteiger partial charge in [-0.1, -0.05) is 13.8 Å². The van der Waals surface area contributed by atoms with E-state index in [9.17, 15) is 0 Å². The van der Waals surface area contributed by atoms with Gasteiger partial charge in [-0.05, 0) is 55.6 Å². The minimum Gasteiger partial charge on any atom is -0.435 e. The van der Waals surface area contributed by atoms with Gasteiger partial charge in [0.25, 0.3) is 0 Å². The Balaban J connectivity index is 1.88. The Morgan fingerprint density at radius 1 is 1.26 bits per heavy atom. The number of nitrogens with zero attached hydrogens (tertiary/aromatic N) is 3. The molecule has 4 nitrogen and oxygen atoms in total. The largest absolute Gasteiger partial charge is 0.435 e. The molecular formula is C17H17N3OS2. The highest BCUT2D eigenvalue weighted by molar-refractivity contribution is 7.78. The molecule has 0 unspecified atom stereocenters. The van der Waals surface area contributed by atoms with Crippen LogP contribution >= 0.6 is 23.6 Å². The number of fused-ring (bicyclic) bond motifs is 1. The van der Waals surface area contributed by atoms with Crippen molar-refractivity contribution < 1.29 is 4.42 Å². The number of thiocarbonyl (C=S) groups is 1. The standard InChI is InChI=1S/C17H17N3OS2/c1-3-20(4-2)10-13-6-8-16(23-13)17-19-14-9-12(18-11-22)5-7-15(14)21-17/h5-9H,3-4,10H2,1-2H3. The maximum atomic E-state index is 5.86. The first-order valence-corrected chi connectivity index (χ1v) is 8.75. The van der Waals surface area contributed by atoms with Crippen molar-refractivity contribution in [3.8, 4) is 10.8 Å². The molecule has 0 N–H and O–H groups in total. The number of isothiocyanates is 1. The van der Waals surface area contributed by atoms with Gasteiger partial charge in [-0.15, -0.1) is 11.3 Å². The van der Waals surface area contributed by atoms with E-state index in [1.807, 2.05) is 18.2 Å². The third-order valence-electron chi connectivity index (χ3n) is 3.69. The molecule has 3 aromatic rings. The Hall–Kier alpha value is -1.85. The van der Waals surface area contributed by atoms with Crippen molar-refractivity contribution in [2.75, 3.05) is 13.1 Å².